The molecule has 0 aliphatic heterocycles. The molecule has 4 saturated carbocycles. The van der Waals surface area contributed by atoms with Gasteiger partial charge in [-0.15, -0.1) is 0 Å². The fourth-order valence-corrected chi connectivity index (χ4v) is 9.88. The van der Waals surface area contributed by atoms with Gasteiger partial charge in [0.1, 0.15) is 5.75 Å². The Morgan fingerprint density at radius 1 is 0.703 bits per heavy atom. The van der Waals surface area contributed by atoms with Crippen LogP contribution in [0.5, 0.6) is 5.75 Å². The largest absolute Gasteiger partial charge is 0.507 e. The van der Waals surface area contributed by atoms with Crippen LogP contribution in [0.3, 0.4) is 0 Å². The summed E-state index contributed by atoms with van der Waals surface area (Å²) in [5.41, 5.74) is 5.04. The van der Waals surface area contributed by atoms with E-state index in [1.54, 1.807) is 5.56 Å². The van der Waals surface area contributed by atoms with Crippen LogP contribution in [0, 0.1) is 11.8 Å². The maximum absolute atomic E-state index is 11.6. The molecule has 0 atom stereocenters. The highest BCUT2D eigenvalue weighted by atomic mass is 32.2. The standard InChI is InChI=1S/C35H56OS/c1-2-3-4-5-6-7-8-9-10-11-22-37-23-12-13-30-24-31(34-18-14-28(26-34)15-19-34)25-32(33(30)36)35-20-16-29(27-35)17-21-35/h24-25,28-29,36H,2-23,26-27H2,1H3. The van der Waals surface area contributed by atoms with Crippen molar-refractivity contribution in [1.82, 2.24) is 0 Å². The normalized spacial score (nSPS) is 30.1. The molecule has 0 radical (unpaired) electrons. The molecular formula is C35H56OS. The second-order valence-corrected chi connectivity index (χ2v) is 15.0. The number of unbranched alkanes of at least 4 members (excludes halogenated alkanes) is 9. The first-order valence-corrected chi connectivity index (χ1v) is 17.7. The predicted octanol–water partition coefficient (Wildman–Crippen LogP) is 10.6. The zero-order chi connectivity index (χ0) is 25.6. The summed E-state index contributed by atoms with van der Waals surface area (Å²) >= 11 is 2.15. The zero-order valence-electron chi connectivity index (χ0n) is 24.1. The molecular weight excluding hydrogens is 468 g/mol. The third-order valence-corrected chi connectivity index (χ3v) is 12.4. The van der Waals surface area contributed by atoms with Crippen LogP contribution in [-0.4, -0.2) is 16.6 Å². The van der Waals surface area contributed by atoms with E-state index < -0.39 is 0 Å². The molecule has 1 aromatic rings. The Labute approximate surface area is 233 Å². The molecule has 1 nitrogen and oxygen atoms in total. The van der Waals surface area contributed by atoms with Crippen LogP contribution in [0.4, 0.5) is 0 Å². The third-order valence-electron chi connectivity index (χ3n) is 11.2. The van der Waals surface area contributed by atoms with Gasteiger partial charge in [0.15, 0.2) is 0 Å². The lowest BCUT2D eigenvalue weighted by atomic mass is 9.71. The summed E-state index contributed by atoms with van der Waals surface area (Å²) in [6, 6.07) is 5.03. The highest BCUT2D eigenvalue weighted by molar-refractivity contribution is 7.99. The smallest absolute Gasteiger partial charge is 0.122 e. The molecule has 4 bridgehead atoms. The monoisotopic (exact) mass is 524 g/mol. The van der Waals surface area contributed by atoms with Crippen molar-refractivity contribution in [2.75, 3.05) is 11.5 Å². The lowest BCUT2D eigenvalue weighted by Crippen LogP contribution is -2.24. The number of rotatable bonds is 17. The quantitative estimate of drug-likeness (QED) is 0.204. The Morgan fingerprint density at radius 2 is 1.24 bits per heavy atom. The fourth-order valence-electron chi connectivity index (χ4n) is 8.92. The lowest BCUT2D eigenvalue weighted by Gasteiger charge is -2.33. The minimum atomic E-state index is 0.303. The minimum Gasteiger partial charge on any atom is -0.507 e. The van der Waals surface area contributed by atoms with Gasteiger partial charge < -0.3 is 5.11 Å². The van der Waals surface area contributed by atoms with Crippen molar-refractivity contribution in [3.8, 4) is 5.75 Å². The number of aromatic hydroxyl groups is 1. The highest BCUT2D eigenvalue weighted by Gasteiger charge is 2.50. The van der Waals surface area contributed by atoms with E-state index in [-0.39, 0.29) is 0 Å². The molecule has 0 saturated heterocycles. The highest BCUT2D eigenvalue weighted by Crippen LogP contribution is 2.60. The van der Waals surface area contributed by atoms with Gasteiger partial charge in [-0.3, -0.25) is 0 Å². The molecule has 37 heavy (non-hydrogen) atoms. The molecule has 1 N–H and O–H groups in total. The Bertz CT molecular complexity index is 843. The second kappa shape index (κ2) is 13.1. The number of phenols is 1. The summed E-state index contributed by atoms with van der Waals surface area (Å²) < 4.78 is 0. The van der Waals surface area contributed by atoms with Crippen molar-refractivity contribution >= 4 is 11.8 Å². The summed E-state index contributed by atoms with van der Waals surface area (Å²) in [6.45, 7) is 2.30. The number of phenolic OH excluding ortho intramolecular Hbond substituents is 1. The molecule has 0 heterocycles. The molecule has 0 unspecified atom stereocenters. The number of hydrogen-bond donors (Lipinski definition) is 1. The van der Waals surface area contributed by atoms with Crippen LogP contribution in [-0.2, 0) is 17.3 Å². The minimum absolute atomic E-state index is 0.303. The number of fused-ring (bicyclic) bond motifs is 4. The first kappa shape index (κ1) is 27.9. The Morgan fingerprint density at radius 3 is 1.81 bits per heavy atom. The molecule has 4 fully saturated rings. The summed E-state index contributed by atoms with van der Waals surface area (Å²) in [4.78, 5) is 0. The van der Waals surface area contributed by atoms with Gasteiger partial charge in [0.2, 0.25) is 0 Å². The maximum Gasteiger partial charge on any atom is 0.122 e. The summed E-state index contributed by atoms with van der Waals surface area (Å²) in [7, 11) is 0. The Hall–Kier alpha value is -0.630. The van der Waals surface area contributed by atoms with Crippen LogP contribution in [0.2, 0.25) is 0 Å². The van der Waals surface area contributed by atoms with Gasteiger partial charge in [0, 0.05) is 5.56 Å². The van der Waals surface area contributed by atoms with E-state index in [2.05, 4.69) is 30.8 Å². The maximum atomic E-state index is 11.6. The van der Waals surface area contributed by atoms with E-state index in [0.717, 1.165) is 18.3 Å². The van der Waals surface area contributed by atoms with E-state index in [1.165, 1.54) is 157 Å². The zero-order valence-corrected chi connectivity index (χ0v) is 25.0. The number of hydrogen-bond acceptors (Lipinski definition) is 2. The molecule has 0 aromatic heterocycles. The molecule has 208 valence electrons. The van der Waals surface area contributed by atoms with Crippen LogP contribution in [0.25, 0.3) is 0 Å². The van der Waals surface area contributed by atoms with Crippen molar-refractivity contribution in [1.29, 1.82) is 0 Å². The molecule has 5 rings (SSSR count). The Balaban J connectivity index is 1.08. The lowest BCUT2D eigenvalue weighted by molar-refractivity contribution is 0.380. The number of aryl methyl sites for hydroxylation is 1. The van der Waals surface area contributed by atoms with Crippen LogP contribution < -0.4 is 0 Å². The first-order valence-electron chi connectivity index (χ1n) is 16.6. The second-order valence-electron chi connectivity index (χ2n) is 13.8. The van der Waals surface area contributed by atoms with Crippen molar-refractivity contribution in [2.45, 2.75) is 159 Å². The van der Waals surface area contributed by atoms with Crippen LogP contribution in [0.15, 0.2) is 12.1 Å². The average molecular weight is 525 g/mol. The molecule has 0 spiro atoms. The fraction of sp³-hybridized carbons (Fsp3) is 0.829. The van der Waals surface area contributed by atoms with E-state index in [1.807, 2.05) is 0 Å². The van der Waals surface area contributed by atoms with Gasteiger partial charge in [-0.25, -0.2) is 0 Å². The number of benzene rings is 1. The Kier molecular flexibility index (Phi) is 9.92. The van der Waals surface area contributed by atoms with Crippen LogP contribution >= 0.6 is 11.8 Å². The van der Waals surface area contributed by atoms with Gasteiger partial charge in [0.05, 0.1) is 0 Å². The number of thioether (sulfide) groups is 1. The third kappa shape index (κ3) is 6.58. The molecule has 1 aromatic carbocycles. The molecule has 4 aliphatic carbocycles. The van der Waals surface area contributed by atoms with Crippen molar-refractivity contribution < 1.29 is 5.11 Å². The van der Waals surface area contributed by atoms with E-state index in [4.69, 9.17) is 0 Å². The van der Waals surface area contributed by atoms with E-state index in [0.29, 0.717) is 16.6 Å². The van der Waals surface area contributed by atoms with Gasteiger partial charge >= 0.3 is 0 Å². The first-order chi connectivity index (χ1) is 18.1. The van der Waals surface area contributed by atoms with Crippen LogP contribution in [0.1, 0.15) is 158 Å². The van der Waals surface area contributed by atoms with Gasteiger partial charge in [-0.1, -0.05) is 76.8 Å². The summed E-state index contributed by atoms with van der Waals surface area (Å²) in [6.07, 6.45) is 30.4. The van der Waals surface area contributed by atoms with Gasteiger partial charge in [-0.2, -0.15) is 11.8 Å². The topological polar surface area (TPSA) is 20.2 Å². The molecule has 2 heteroatoms. The average Bonchev–Trinajstić information content (AvgIpc) is 3.72. The predicted molar refractivity (Wildman–Crippen MR) is 162 cm³/mol. The van der Waals surface area contributed by atoms with Gasteiger partial charge in [0.25, 0.3) is 0 Å². The summed E-state index contributed by atoms with van der Waals surface area (Å²) in [5, 5.41) is 11.6. The van der Waals surface area contributed by atoms with Gasteiger partial charge in [-0.05, 0) is 129 Å². The van der Waals surface area contributed by atoms with Crippen molar-refractivity contribution in [3.63, 3.8) is 0 Å². The molecule has 4 aliphatic rings. The van der Waals surface area contributed by atoms with E-state index in [9.17, 15) is 5.11 Å². The van der Waals surface area contributed by atoms with E-state index >= 15 is 0 Å². The van der Waals surface area contributed by atoms with Crippen molar-refractivity contribution in [2.24, 2.45) is 11.8 Å². The SMILES string of the molecule is CCCCCCCCCCCCSCCCc1cc(C23CCC(CC2)C3)cc(C23CCC(CC2)C3)c1O. The summed E-state index contributed by atoms with van der Waals surface area (Å²) in [5.74, 6) is 5.17. The van der Waals surface area contributed by atoms with Crippen molar-refractivity contribution in [3.05, 3.63) is 28.8 Å². The molecule has 0 amide bonds.